The minimum absolute atomic E-state index is 0.783. The number of benzene rings is 1. The Morgan fingerprint density at radius 3 is 2.50 bits per heavy atom. The van der Waals surface area contributed by atoms with Crippen LogP contribution < -0.4 is 4.98 Å². The summed E-state index contributed by atoms with van der Waals surface area (Å²) in [5, 5.41) is 1.13. The summed E-state index contributed by atoms with van der Waals surface area (Å²) in [4.78, 5) is 7.58. The Hall–Kier alpha value is -3.10. The first-order valence-electron chi connectivity index (χ1n) is 7.11. The molecule has 0 unspecified atom stereocenters. The molecule has 0 radical (unpaired) electrons. The number of hydrogen-bond donors (Lipinski definition) is 0. The highest BCUT2D eigenvalue weighted by Crippen LogP contribution is 2.10. The van der Waals surface area contributed by atoms with Crippen LogP contribution in [0.15, 0.2) is 60.8 Å². The predicted molar refractivity (Wildman–Crippen MR) is 89.8 cm³/mol. The van der Waals surface area contributed by atoms with Crippen LogP contribution in [0.1, 0.15) is 24.7 Å². The average Bonchev–Trinajstić information content (AvgIpc) is 2.61. The van der Waals surface area contributed by atoms with E-state index in [-0.39, 0.29) is 0 Å². The van der Waals surface area contributed by atoms with Crippen molar-refractivity contribution in [2.24, 2.45) is 0 Å². The molecule has 2 nitrogen and oxygen atoms in total. The van der Waals surface area contributed by atoms with E-state index in [0.29, 0.717) is 0 Å². The van der Waals surface area contributed by atoms with Gasteiger partial charge >= 0.3 is 0 Å². The Morgan fingerprint density at radius 2 is 1.77 bits per heavy atom. The summed E-state index contributed by atoms with van der Waals surface area (Å²) in [7, 11) is 0. The van der Waals surface area contributed by atoms with Crippen LogP contribution in [0.2, 0.25) is 0 Å². The molecule has 0 fully saturated rings. The summed E-state index contributed by atoms with van der Waals surface area (Å²) in [6.45, 7) is 1.94. The smallest absolute Gasteiger partial charge is 0.239 e. The highest BCUT2D eigenvalue weighted by Gasteiger charge is 1.95. The fourth-order valence-corrected chi connectivity index (χ4v) is 1.74. The molecule has 0 saturated heterocycles. The summed E-state index contributed by atoms with van der Waals surface area (Å²) in [6, 6.07) is 17.8. The van der Waals surface area contributed by atoms with Crippen molar-refractivity contribution < 1.29 is 4.98 Å². The third-order valence-electron chi connectivity index (χ3n) is 2.84. The van der Waals surface area contributed by atoms with Crippen LogP contribution in [0.25, 0.3) is 10.9 Å². The van der Waals surface area contributed by atoms with Gasteiger partial charge in [0.1, 0.15) is 5.69 Å². The fraction of sp³-hybridized carbons (Fsp3) is 0.100. The van der Waals surface area contributed by atoms with E-state index in [4.69, 9.17) is 6.42 Å². The van der Waals surface area contributed by atoms with Crippen molar-refractivity contribution in [3.05, 3.63) is 72.2 Å². The van der Waals surface area contributed by atoms with Crippen molar-refractivity contribution >= 4 is 10.9 Å². The largest absolute Gasteiger partial charge is 0.255 e. The summed E-state index contributed by atoms with van der Waals surface area (Å²) in [6.07, 6.45) is 7.48. The number of H-pyrrole nitrogens is 1. The molecular weight excluding hydrogens is 268 g/mol. The zero-order chi connectivity index (χ0) is 15.6. The quantitative estimate of drug-likeness (QED) is 0.581. The van der Waals surface area contributed by atoms with Crippen LogP contribution in [-0.2, 0) is 0 Å². The van der Waals surface area contributed by atoms with Gasteiger partial charge < -0.3 is 0 Å². The van der Waals surface area contributed by atoms with Gasteiger partial charge in [0, 0.05) is 29.9 Å². The lowest BCUT2D eigenvalue weighted by atomic mass is 10.2. The van der Waals surface area contributed by atoms with Gasteiger partial charge in [-0.3, -0.25) is 0 Å². The first-order chi connectivity index (χ1) is 10.8. The van der Waals surface area contributed by atoms with Gasteiger partial charge in [-0.05, 0) is 24.1 Å². The highest BCUT2D eigenvalue weighted by molar-refractivity contribution is 5.78. The molecular formula is C20H17N2+. The van der Waals surface area contributed by atoms with Gasteiger partial charge in [0.05, 0.1) is 5.52 Å². The molecule has 0 aliphatic carbocycles. The molecule has 2 heteroatoms. The number of para-hydroxylation sites is 1. The normalized spacial score (nSPS) is 8.91. The van der Waals surface area contributed by atoms with Crippen molar-refractivity contribution in [2.75, 3.05) is 0 Å². The minimum atomic E-state index is 0.783. The lowest BCUT2D eigenvalue weighted by Gasteiger charge is -1.95. The van der Waals surface area contributed by atoms with Crippen LogP contribution >= 0.6 is 0 Å². The summed E-state index contributed by atoms with van der Waals surface area (Å²) in [5.74, 6) is 8.55. The molecule has 0 amide bonds. The van der Waals surface area contributed by atoms with E-state index in [1.54, 1.807) is 0 Å². The number of nitrogens with zero attached hydrogens (tertiary/aromatic N) is 1. The molecule has 2 heterocycles. The number of rotatable bonds is 0. The third kappa shape index (κ3) is 4.47. The van der Waals surface area contributed by atoms with E-state index in [1.165, 1.54) is 0 Å². The summed E-state index contributed by atoms with van der Waals surface area (Å²) in [5.41, 5.74) is 2.64. The maximum Gasteiger partial charge on any atom is 0.255 e. The van der Waals surface area contributed by atoms with Crippen LogP contribution in [0.3, 0.4) is 0 Å². The Balaban J connectivity index is 0.000000396. The second-order valence-corrected chi connectivity index (χ2v) is 4.47. The molecule has 3 rings (SSSR count). The van der Waals surface area contributed by atoms with E-state index in [1.807, 2.05) is 67.7 Å². The molecule has 0 saturated carbocycles. The zero-order valence-corrected chi connectivity index (χ0v) is 12.5. The molecule has 22 heavy (non-hydrogen) atoms. The van der Waals surface area contributed by atoms with E-state index in [0.717, 1.165) is 28.7 Å². The number of nitrogens with one attached hydrogen (secondary N) is 1. The number of aromatic nitrogens is 2. The van der Waals surface area contributed by atoms with Gasteiger partial charge in [-0.25, -0.2) is 9.97 Å². The molecule has 0 spiro atoms. The van der Waals surface area contributed by atoms with Crippen LogP contribution in [0, 0.1) is 24.2 Å². The SMILES string of the molecule is C#CCC.C(#Cc1cccc[nH+]1)c1ccc2ccccc2n1. The monoisotopic (exact) mass is 285 g/mol. The second kappa shape index (κ2) is 8.25. The Bertz CT molecular complexity index is 834. The number of pyridine rings is 2. The molecule has 1 aromatic carbocycles. The first kappa shape index (κ1) is 15.3. The highest BCUT2D eigenvalue weighted by atomic mass is 14.7. The van der Waals surface area contributed by atoms with E-state index >= 15 is 0 Å². The summed E-state index contributed by atoms with van der Waals surface area (Å²) < 4.78 is 0. The number of hydrogen-bond acceptors (Lipinski definition) is 1. The molecule has 2 aromatic heterocycles. The zero-order valence-electron chi connectivity index (χ0n) is 12.5. The van der Waals surface area contributed by atoms with Crippen LogP contribution in [-0.4, -0.2) is 4.98 Å². The van der Waals surface area contributed by atoms with E-state index in [9.17, 15) is 0 Å². The Morgan fingerprint density at radius 1 is 1.00 bits per heavy atom. The molecule has 0 aliphatic rings. The fourth-order valence-electron chi connectivity index (χ4n) is 1.74. The maximum atomic E-state index is 4.78. The number of terminal acetylenes is 1. The van der Waals surface area contributed by atoms with Crippen molar-refractivity contribution in [3.63, 3.8) is 0 Å². The van der Waals surface area contributed by atoms with Crippen molar-refractivity contribution in [3.8, 4) is 24.2 Å². The molecule has 0 bridgehead atoms. The topological polar surface area (TPSA) is 27.0 Å². The molecule has 1 N–H and O–H groups in total. The average molecular weight is 285 g/mol. The van der Waals surface area contributed by atoms with Crippen molar-refractivity contribution in [1.29, 1.82) is 0 Å². The van der Waals surface area contributed by atoms with Gasteiger partial charge in [0.25, 0.3) is 5.69 Å². The molecule has 0 aliphatic heterocycles. The van der Waals surface area contributed by atoms with Gasteiger partial charge in [-0.1, -0.05) is 31.2 Å². The number of aromatic amines is 1. The predicted octanol–water partition coefficient (Wildman–Crippen LogP) is 3.48. The van der Waals surface area contributed by atoms with E-state index in [2.05, 4.69) is 27.7 Å². The van der Waals surface area contributed by atoms with E-state index < -0.39 is 0 Å². The Kier molecular flexibility index (Phi) is 5.73. The Labute approximate surface area is 131 Å². The van der Waals surface area contributed by atoms with Gasteiger partial charge in [-0.15, -0.1) is 12.3 Å². The third-order valence-corrected chi connectivity index (χ3v) is 2.84. The minimum Gasteiger partial charge on any atom is -0.239 e. The molecule has 0 atom stereocenters. The van der Waals surface area contributed by atoms with Crippen LogP contribution in [0.4, 0.5) is 0 Å². The first-order valence-corrected chi connectivity index (χ1v) is 7.11. The molecule has 3 aromatic rings. The molecule has 106 valence electrons. The van der Waals surface area contributed by atoms with Gasteiger partial charge in [0.2, 0.25) is 0 Å². The van der Waals surface area contributed by atoms with Crippen molar-refractivity contribution in [2.45, 2.75) is 13.3 Å². The van der Waals surface area contributed by atoms with Gasteiger partial charge in [0.15, 0.2) is 6.20 Å². The van der Waals surface area contributed by atoms with Gasteiger partial charge in [-0.2, -0.15) is 0 Å². The maximum absolute atomic E-state index is 4.78. The lowest BCUT2D eigenvalue weighted by Crippen LogP contribution is -2.04. The second-order valence-electron chi connectivity index (χ2n) is 4.47. The lowest BCUT2D eigenvalue weighted by molar-refractivity contribution is -0.381. The van der Waals surface area contributed by atoms with Crippen LogP contribution in [0.5, 0.6) is 0 Å². The number of fused-ring (bicyclic) bond motifs is 1. The summed E-state index contributed by atoms with van der Waals surface area (Å²) >= 11 is 0. The van der Waals surface area contributed by atoms with Crippen molar-refractivity contribution in [1.82, 2.24) is 4.98 Å². The standard InChI is InChI=1S/C16H10N2.C4H6/c1-2-7-16-13(5-1)8-9-15(18-16)11-10-14-6-3-4-12-17-14;1-3-4-2/h1-9,12H;1H,4H2,2H3/p+1.